The Bertz CT molecular complexity index is 1280. The highest BCUT2D eigenvalue weighted by Gasteiger charge is 2.25. The Kier molecular flexibility index (Phi) is 8.90. The fourth-order valence-electron chi connectivity index (χ4n) is 4.81. The van der Waals surface area contributed by atoms with Gasteiger partial charge in [-0.15, -0.1) is 5.92 Å². The Balaban J connectivity index is 1.49. The number of hydrogen-bond acceptors (Lipinski definition) is 4. The van der Waals surface area contributed by atoms with Crippen molar-refractivity contribution in [3.63, 3.8) is 0 Å². The summed E-state index contributed by atoms with van der Waals surface area (Å²) in [5.74, 6) is 7.34. The number of unbranched alkanes of at least 4 members (excludes halogenated alkanes) is 1. The van der Waals surface area contributed by atoms with Gasteiger partial charge in [0.1, 0.15) is 17.6 Å². The number of hydrogen-bond donors (Lipinski definition) is 0. The zero-order chi connectivity index (χ0) is 26.2. The van der Waals surface area contributed by atoms with E-state index in [0.717, 1.165) is 54.9 Å². The largest absolute Gasteiger partial charge is 0.493 e. The fourth-order valence-corrected chi connectivity index (χ4v) is 4.81. The highest BCUT2D eigenvalue weighted by molar-refractivity contribution is 5.73. The van der Waals surface area contributed by atoms with Crippen molar-refractivity contribution in [1.82, 2.24) is 0 Å². The summed E-state index contributed by atoms with van der Waals surface area (Å²) in [7, 11) is 1.40. The number of carbonyl (C=O) groups excluding carboxylic acids is 1. The molecule has 1 unspecified atom stereocenters. The van der Waals surface area contributed by atoms with Gasteiger partial charge in [-0.25, -0.2) is 0 Å². The van der Waals surface area contributed by atoms with Crippen molar-refractivity contribution in [1.29, 1.82) is 0 Å². The van der Waals surface area contributed by atoms with Crippen molar-refractivity contribution in [2.45, 2.75) is 64.9 Å². The number of fused-ring (bicyclic) bond motifs is 1. The van der Waals surface area contributed by atoms with Gasteiger partial charge in [-0.1, -0.05) is 61.2 Å². The number of aryl methyl sites for hydroxylation is 2. The van der Waals surface area contributed by atoms with Crippen LogP contribution in [0.1, 0.15) is 73.8 Å². The second kappa shape index (κ2) is 12.5. The number of esters is 1. The third-order valence-electron chi connectivity index (χ3n) is 6.85. The SMILES string of the molecule is CC#C[C@@H](CC(=O)OC)c1ccc(OC2CCc3cc(-c4cc(C)ccc4OCCCC)ccc32)cc1. The van der Waals surface area contributed by atoms with Crippen LogP contribution in [0, 0.1) is 18.8 Å². The number of ether oxygens (including phenoxy) is 3. The number of methoxy groups -OCH3 is 1. The molecular weight excluding hydrogens is 460 g/mol. The lowest BCUT2D eigenvalue weighted by Gasteiger charge is -2.17. The van der Waals surface area contributed by atoms with Crippen LogP contribution >= 0.6 is 0 Å². The van der Waals surface area contributed by atoms with Crippen molar-refractivity contribution < 1.29 is 19.0 Å². The summed E-state index contributed by atoms with van der Waals surface area (Å²) < 4.78 is 17.3. The summed E-state index contributed by atoms with van der Waals surface area (Å²) in [6, 6.07) is 21.0. The first-order valence-electron chi connectivity index (χ1n) is 13.1. The van der Waals surface area contributed by atoms with Crippen LogP contribution in [0.5, 0.6) is 11.5 Å². The van der Waals surface area contributed by atoms with Crippen LogP contribution < -0.4 is 9.47 Å². The minimum absolute atomic E-state index is 0.0222. The standard InChI is InChI=1S/C33H36O4/c1-5-7-19-36-31-17-9-23(3)20-30(31)27-12-16-29-26(21-27)13-18-32(29)37-28-14-10-24(11-15-28)25(8-6-2)22-33(34)35-4/h9-12,14-17,20-21,25,32H,5,7,13,18-19,22H2,1-4H3/t25-,32?/m0/s1. The normalized spacial score (nSPS) is 14.8. The topological polar surface area (TPSA) is 44.8 Å². The Labute approximate surface area is 221 Å². The summed E-state index contributed by atoms with van der Waals surface area (Å²) in [6.45, 7) is 6.81. The van der Waals surface area contributed by atoms with Gasteiger partial charge in [0, 0.05) is 5.56 Å². The molecule has 0 fully saturated rings. The first-order chi connectivity index (χ1) is 18.0. The molecule has 0 saturated heterocycles. The van der Waals surface area contributed by atoms with Crippen molar-refractivity contribution in [2.75, 3.05) is 13.7 Å². The number of rotatable bonds is 10. The van der Waals surface area contributed by atoms with Gasteiger partial charge >= 0.3 is 5.97 Å². The number of benzene rings is 3. The fraction of sp³-hybridized carbons (Fsp3) is 0.364. The van der Waals surface area contributed by atoms with Crippen molar-refractivity contribution in [3.05, 3.63) is 82.9 Å². The molecule has 0 amide bonds. The smallest absolute Gasteiger partial charge is 0.307 e. The molecule has 0 aliphatic heterocycles. The van der Waals surface area contributed by atoms with Gasteiger partial charge in [-0.2, -0.15) is 0 Å². The molecule has 0 heterocycles. The van der Waals surface area contributed by atoms with E-state index in [0.29, 0.717) is 0 Å². The zero-order valence-electron chi connectivity index (χ0n) is 22.3. The second-order valence-corrected chi connectivity index (χ2v) is 9.56. The first kappa shape index (κ1) is 26.4. The molecule has 0 saturated carbocycles. The minimum atomic E-state index is -0.264. The molecule has 0 bridgehead atoms. The molecular formula is C33H36O4. The minimum Gasteiger partial charge on any atom is -0.493 e. The summed E-state index contributed by atoms with van der Waals surface area (Å²) in [6.07, 6.45) is 4.36. The summed E-state index contributed by atoms with van der Waals surface area (Å²) >= 11 is 0. The maximum atomic E-state index is 11.8. The van der Waals surface area contributed by atoms with Crippen LogP contribution in [0.2, 0.25) is 0 Å². The molecule has 2 atom stereocenters. The molecule has 4 heteroatoms. The molecule has 1 aliphatic carbocycles. The third kappa shape index (κ3) is 6.54. The molecule has 3 aromatic rings. The van der Waals surface area contributed by atoms with Crippen molar-refractivity contribution >= 4 is 5.97 Å². The Morgan fingerprint density at radius 3 is 2.62 bits per heavy atom. The summed E-state index contributed by atoms with van der Waals surface area (Å²) in [4.78, 5) is 11.8. The second-order valence-electron chi connectivity index (χ2n) is 9.56. The Morgan fingerprint density at radius 2 is 1.89 bits per heavy atom. The zero-order valence-corrected chi connectivity index (χ0v) is 22.3. The maximum absolute atomic E-state index is 11.8. The Hall–Kier alpha value is -3.71. The Morgan fingerprint density at radius 1 is 1.08 bits per heavy atom. The van der Waals surface area contributed by atoms with E-state index >= 15 is 0 Å². The molecule has 37 heavy (non-hydrogen) atoms. The summed E-state index contributed by atoms with van der Waals surface area (Å²) in [5.41, 5.74) is 7.12. The van der Waals surface area contributed by atoms with Crippen LogP contribution in [-0.2, 0) is 16.0 Å². The van der Waals surface area contributed by atoms with Crippen LogP contribution in [-0.4, -0.2) is 19.7 Å². The maximum Gasteiger partial charge on any atom is 0.307 e. The van der Waals surface area contributed by atoms with Crippen LogP contribution in [0.25, 0.3) is 11.1 Å². The van der Waals surface area contributed by atoms with E-state index in [2.05, 4.69) is 62.1 Å². The van der Waals surface area contributed by atoms with Crippen LogP contribution in [0.4, 0.5) is 0 Å². The van der Waals surface area contributed by atoms with Crippen molar-refractivity contribution in [3.8, 4) is 34.5 Å². The molecule has 0 radical (unpaired) electrons. The molecule has 0 spiro atoms. The molecule has 4 nitrogen and oxygen atoms in total. The highest BCUT2D eigenvalue weighted by Crippen LogP contribution is 2.39. The number of carbonyl (C=O) groups is 1. The van der Waals surface area contributed by atoms with E-state index in [4.69, 9.17) is 14.2 Å². The van der Waals surface area contributed by atoms with E-state index in [-0.39, 0.29) is 24.4 Å². The van der Waals surface area contributed by atoms with Crippen LogP contribution in [0.3, 0.4) is 0 Å². The average Bonchev–Trinajstić information content (AvgIpc) is 3.31. The van der Waals surface area contributed by atoms with E-state index in [9.17, 15) is 4.79 Å². The van der Waals surface area contributed by atoms with Crippen molar-refractivity contribution in [2.24, 2.45) is 0 Å². The molecule has 0 aromatic heterocycles. The van der Waals surface area contributed by atoms with Gasteiger partial charge in [-0.05, 0) is 79.6 Å². The lowest BCUT2D eigenvalue weighted by Crippen LogP contribution is -2.08. The molecule has 192 valence electrons. The summed E-state index contributed by atoms with van der Waals surface area (Å²) in [5, 5.41) is 0. The predicted molar refractivity (Wildman–Crippen MR) is 148 cm³/mol. The van der Waals surface area contributed by atoms with E-state index in [1.54, 1.807) is 6.92 Å². The van der Waals surface area contributed by atoms with Crippen LogP contribution in [0.15, 0.2) is 60.7 Å². The molecule has 4 rings (SSSR count). The first-order valence-corrected chi connectivity index (χ1v) is 13.1. The van der Waals surface area contributed by atoms with Gasteiger partial charge in [-0.3, -0.25) is 4.79 Å². The van der Waals surface area contributed by atoms with E-state index < -0.39 is 0 Å². The lowest BCUT2D eigenvalue weighted by molar-refractivity contribution is -0.140. The van der Waals surface area contributed by atoms with Gasteiger partial charge in [0.15, 0.2) is 0 Å². The predicted octanol–water partition coefficient (Wildman–Crippen LogP) is 7.58. The third-order valence-corrected chi connectivity index (χ3v) is 6.85. The van der Waals surface area contributed by atoms with Gasteiger partial charge < -0.3 is 14.2 Å². The molecule has 3 aromatic carbocycles. The van der Waals surface area contributed by atoms with Gasteiger partial charge in [0.25, 0.3) is 0 Å². The highest BCUT2D eigenvalue weighted by atomic mass is 16.5. The monoisotopic (exact) mass is 496 g/mol. The molecule has 0 N–H and O–H groups in total. The molecule has 1 aliphatic rings. The van der Waals surface area contributed by atoms with Gasteiger partial charge in [0.05, 0.1) is 26.1 Å². The lowest BCUT2D eigenvalue weighted by atomic mass is 9.96. The average molecular weight is 497 g/mol. The van der Waals surface area contributed by atoms with Gasteiger partial charge in [0.2, 0.25) is 0 Å². The van der Waals surface area contributed by atoms with E-state index in [1.165, 1.54) is 29.4 Å². The quantitative estimate of drug-likeness (QED) is 0.165. The van der Waals surface area contributed by atoms with E-state index in [1.807, 2.05) is 24.3 Å².